The number of aromatic nitrogens is 2. The smallest absolute Gasteiger partial charge is 0.266 e. The zero-order chi connectivity index (χ0) is 32.9. The molecule has 246 valence electrons. The van der Waals surface area contributed by atoms with E-state index in [1.807, 2.05) is 48.4 Å². The molecule has 1 fully saturated rings. The fourth-order valence-corrected chi connectivity index (χ4v) is 6.16. The maximum Gasteiger partial charge on any atom is 0.266 e. The number of hydrogen-bond acceptors (Lipinski definition) is 7. The zero-order valence-electron chi connectivity index (χ0n) is 26.3. The number of nitrogens with one attached hydrogen (secondary N) is 2. The SMILES string of the molecule is Cc1cccc(OCCCC(=O)N2CCCc3c(-c4cnn(CCNC(=O)C5(C(=O)NCCS(=O)(=O)O)CC5)c4)cccc32)c1C. The van der Waals surface area contributed by atoms with Crippen molar-refractivity contribution in [1.29, 1.82) is 0 Å². The molecule has 1 aliphatic heterocycles. The summed E-state index contributed by atoms with van der Waals surface area (Å²) in [6, 6.07) is 12.0. The summed E-state index contributed by atoms with van der Waals surface area (Å²) in [7, 11) is -4.20. The predicted octanol–water partition coefficient (Wildman–Crippen LogP) is 3.21. The van der Waals surface area contributed by atoms with Gasteiger partial charge in [0.1, 0.15) is 11.2 Å². The monoisotopic (exact) mass is 651 g/mol. The topological polar surface area (TPSA) is 160 Å². The number of carbonyl (C=O) groups is 3. The highest BCUT2D eigenvalue weighted by molar-refractivity contribution is 7.85. The molecule has 0 radical (unpaired) electrons. The van der Waals surface area contributed by atoms with Gasteiger partial charge in [0.2, 0.25) is 17.7 Å². The van der Waals surface area contributed by atoms with Crippen molar-refractivity contribution >= 4 is 33.5 Å². The van der Waals surface area contributed by atoms with Gasteiger partial charge in [0.05, 0.1) is 25.1 Å². The minimum atomic E-state index is -4.20. The van der Waals surface area contributed by atoms with Crippen LogP contribution < -0.4 is 20.3 Å². The minimum absolute atomic E-state index is 0.0784. The Kier molecular flexibility index (Phi) is 10.1. The molecule has 3 aromatic rings. The van der Waals surface area contributed by atoms with Gasteiger partial charge in [0.15, 0.2) is 0 Å². The lowest BCUT2D eigenvalue weighted by atomic mass is 9.93. The van der Waals surface area contributed by atoms with Gasteiger partial charge in [-0.1, -0.05) is 24.3 Å². The third kappa shape index (κ3) is 7.76. The molecule has 1 aliphatic carbocycles. The van der Waals surface area contributed by atoms with E-state index in [0.29, 0.717) is 45.4 Å². The molecule has 1 aromatic heterocycles. The fourth-order valence-electron chi connectivity index (χ4n) is 5.80. The van der Waals surface area contributed by atoms with E-state index in [-0.39, 0.29) is 19.0 Å². The van der Waals surface area contributed by atoms with Gasteiger partial charge in [-0.25, -0.2) is 0 Å². The second kappa shape index (κ2) is 14.0. The quantitative estimate of drug-likeness (QED) is 0.136. The molecule has 3 amide bonds. The summed E-state index contributed by atoms with van der Waals surface area (Å²) in [5, 5.41) is 9.68. The summed E-state index contributed by atoms with van der Waals surface area (Å²) in [6.07, 6.45) is 7.16. The average Bonchev–Trinajstić information content (AvgIpc) is 3.72. The Morgan fingerprint density at radius 3 is 2.52 bits per heavy atom. The highest BCUT2D eigenvalue weighted by Gasteiger charge is 2.56. The van der Waals surface area contributed by atoms with Crippen LogP contribution in [0.1, 0.15) is 48.8 Å². The third-order valence-electron chi connectivity index (χ3n) is 8.73. The van der Waals surface area contributed by atoms with E-state index in [1.54, 1.807) is 10.9 Å². The molecule has 0 bridgehead atoms. The highest BCUT2D eigenvalue weighted by Crippen LogP contribution is 2.46. The molecule has 0 spiro atoms. The Bertz CT molecular complexity index is 1710. The molecule has 2 aromatic carbocycles. The minimum Gasteiger partial charge on any atom is -0.493 e. The molecule has 46 heavy (non-hydrogen) atoms. The van der Waals surface area contributed by atoms with Crippen LogP contribution >= 0.6 is 0 Å². The molecule has 12 nitrogen and oxygen atoms in total. The zero-order valence-corrected chi connectivity index (χ0v) is 27.1. The lowest BCUT2D eigenvalue weighted by Gasteiger charge is -2.31. The summed E-state index contributed by atoms with van der Waals surface area (Å²) >= 11 is 0. The van der Waals surface area contributed by atoms with Crippen molar-refractivity contribution in [3.05, 3.63) is 65.5 Å². The van der Waals surface area contributed by atoms with Crippen molar-refractivity contribution in [3.8, 4) is 16.9 Å². The Balaban J connectivity index is 1.14. The second-order valence-electron chi connectivity index (χ2n) is 12.0. The summed E-state index contributed by atoms with van der Waals surface area (Å²) in [5.41, 5.74) is 5.05. The maximum absolute atomic E-state index is 13.3. The van der Waals surface area contributed by atoms with Gasteiger partial charge in [0.25, 0.3) is 10.1 Å². The lowest BCUT2D eigenvalue weighted by Crippen LogP contribution is -2.44. The van der Waals surface area contributed by atoms with E-state index in [4.69, 9.17) is 9.29 Å². The van der Waals surface area contributed by atoms with Crippen LogP contribution in [0.4, 0.5) is 5.69 Å². The fraction of sp³-hybridized carbons (Fsp3) is 0.455. The number of hydrogen-bond donors (Lipinski definition) is 3. The molecule has 0 atom stereocenters. The van der Waals surface area contributed by atoms with Crippen molar-refractivity contribution < 1.29 is 32.1 Å². The van der Waals surface area contributed by atoms with E-state index in [1.165, 1.54) is 5.56 Å². The number of amides is 3. The van der Waals surface area contributed by atoms with Gasteiger partial charge >= 0.3 is 0 Å². The molecule has 5 rings (SSSR count). The van der Waals surface area contributed by atoms with Gasteiger partial charge in [-0.2, -0.15) is 13.5 Å². The Hall–Kier alpha value is -4.23. The standard InChI is InChI=1S/C33H41N5O7S/c1-23-7-3-11-29(24(23)2)45-19-6-12-30(39)38-17-5-9-27-26(8-4-10-28(27)38)25-21-36-37(22-25)18-15-34-31(40)33(13-14-33)32(41)35-16-20-46(42,43)44/h3-4,7-8,10-11,21-22H,5-6,9,12-20H2,1-2H3,(H,34,40)(H,35,41)(H,42,43,44). The van der Waals surface area contributed by atoms with Crippen molar-refractivity contribution in [1.82, 2.24) is 20.4 Å². The first-order valence-electron chi connectivity index (χ1n) is 15.6. The lowest BCUT2D eigenvalue weighted by molar-refractivity contribution is -0.137. The van der Waals surface area contributed by atoms with Crippen LogP contribution in [0.3, 0.4) is 0 Å². The van der Waals surface area contributed by atoms with Crippen LogP contribution in [-0.4, -0.2) is 72.5 Å². The summed E-state index contributed by atoms with van der Waals surface area (Å²) in [5.74, 6) is -0.630. The van der Waals surface area contributed by atoms with Crippen LogP contribution in [-0.2, 0) is 37.5 Å². The first-order valence-corrected chi connectivity index (χ1v) is 17.3. The second-order valence-corrected chi connectivity index (χ2v) is 13.5. The Morgan fingerprint density at radius 1 is 1.04 bits per heavy atom. The molecular formula is C33H41N5O7S. The predicted molar refractivity (Wildman–Crippen MR) is 173 cm³/mol. The Labute approximate surface area is 269 Å². The number of rotatable bonds is 14. The summed E-state index contributed by atoms with van der Waals surface area (Å²) < 4.78 is 38.3. The molecule has 3 N–H and O–H groups in total. The number of nitrogens with zero attached hydrogens (tertiary/aromatic N) is 3. The highest BCUT2D eigenvalue weighted by atomic mass is 32.2. The first-order chi connectivity index (χ1) is 22.0. The van der Waals surface area contributed by atoms with Crippen molar-refractivity contribution in [2.24, 2.45) is 5.41 Å². The molecule has 2 aliphatic rings. The van der Waals surface area contributed by atoms with Gasteiger partial charge in [-0.05, 0) is 80.3 Å². The summed E-state index contributed by atoms with van der Waals surface area (Å²) in [4.78, 5) is 40.4. The van der Waals surface area contributed by atoms with Crippen LogP contribution in [0.5, 0.6) is 5.75 Å². The first kappa shape index (κ1) is 33.1. The van der Waals surface area contributed by atoms with Crippen molar-refractivity contribution in [3.63, 3.8) is 0 Å². The van der Waals surface area contributed by atoms with E-state index in [2.05, 4.69) is 28.7 Å². The van der Waals surface area contributed by atoms with Crippen LogP contribution in [0, 0.1) is 19.3 Å². The number of carbonyl (C=O) groups excluding carboxylic acids is 3. The third-order valence-corrected chi connectivity index (χ3v) is 9.45. The van der Waals surface area contributed by atoms with Gasteiger partial charge < -0.3 is 20.3 Å². The molecule has 2 heterocycles. The van der Waals surface area contributed by atoms with Gasteiger partial charge in [0, 0.05) is 43.5 Å². The summed E-state index contributed by atoms with van der Waals surface area (Å²) in [6.45, 7) is 5.61. The van der Waals surface area contributed by atoms with Gasteiger partial charge in [-0.15, -0.1) is 0 Å². The van der Waals surface area contributed by atoms with Crippen molar-refractivity contribution in [2.75, 3.05) is 36.9 Å². The average molecular weight is 652 g/mol. The number of ether oxygens (including phenoxy) is 1. The van der Waals surface area contributed by atoms with E-state index < -0.39 is 33.1 Å². The Morgan fingerprint density at radius 2 is 1.78 bits per heavy atom. The van der Waals surface area contributed by atoms with Gasteiger partial charge in [-0.3, -0.25) is 23.6 Å². The molecular weight excluding hydrogens is 610 g/mol. The number of benzene rings is 2. The maximum atomic E-state index is 13.3. The largest absolute Gasteiger partial charge is 0.493 e. The van der Waals surface area contributed by atoms with E-state index in [0.717, 1.165) is 46.5 Å². The molecule has 13 heteroatoms. The van der Waals surface area contributed by atoms with Crippen molar-refractivity contribution in [2.45, 2.75) is 58.9 Å². The molecule has 0 saturated heterocycles. The van der Waals surface area contributed by atoms with E-state index >= 15 is 0 Å². The van der Waals surface area contributed by atoms with Crippen LogP contribution in [0.15, 0.2) is 48.8 Å². The van der Waals surface area contributed by atoms with Crippen LogP contribution in [0.25, 0.3) is 11.1 Å². The molecule has 0 unspecified atom stereocenters. The van der Waals surface area contributed by atoms with Crippen LogP contribution in [0.2, 0.25) is 0 Å². The van der Waals surface area contributed by atoms with E-state index in [9.17, 15) is 22.8 Å². The number of aryl methyl sites for hydroxylation is 1. The number of anilines is 1. The number of fused-ring (bicyclic) bond motifs is 1. The normalized spacial score (nSPS) is 15.2. The molecule has 1 saturated carbocycles.